The van der Waals surface area contributed by atoms with Gasteiger partial charge in [0.1, 0.15) is 5.54 Å². The number of carboxylic acid groups (broad SMARTS) is 1. The summed E-state index contributed by atoms with van der Waals surface area (Å²) >= 11 is 5.91. The zero-order chi connectivity index (χ0) is 17.2. The van der Waals surface area contributed by atoms with Crippen molar-refractivity contribution in [3.8, 4) is 0 Å². The molecule has 1 amide bonds. The van der Waals surface area contributed by atoms with Crippen LogP contribution in [0.25, 0.3) is 0 Å². The molecule has 1 saturated heterocycles. The Morgan fingerprint density at radius 3 is 2.52 bits per heavy atom. The molecular formula is C16H21ClN2O4. The molecule has 1 fully saturated rings. The molecule has 7 heteroatoms. The Morgan fingerprint density at radius 2 is 2.00 bits per heavy atom. The van der Waals surface area contributed by atoms with Crippen molar-refractivity contribution in [2.75, 3.05) is 20.2 Å². The maximum Gasteiger partial charge on any atom is 0.323 e. The molecule has 1 heterocycles. The number of nitrogens with one attached hydrogen (secondary N) is 1. The number of benzene rings is 1. The number of carboxylic acids is 1. The number of halogens is 1. The monoisotopic (exact) mass is 340 g/mol. The number of likely N-dealkylation sites (N-methyl/N-ethyl adjacent to an activating group) is 1. The average molecular weight is 341 g/mol. The smallest absolute Gasteiger partial charge is 0.323 e. The van der Waals surface area contributed by atoms with Crippen LogP contribution in [-0.4, -0.2) is 52.7 Å². The van der Waals surface area contributed by atoms with Crippen molar-refractivity contribution in [1.29, 1.82) is 0 Å². The Morgan fingerprint density at radius 1 is 1.39 bits per heavy atom. The first-order valence-electron chi connectivity index (χ1n) is 7.41. The van der Waals surface area contributed by atoms with Crippen LogP contribution in [0, 0.1) is 5.92 Å². The van der Waals surface area contributed by atoms with Crippen LogP contribution < -0.4 is 5.32 Å². The Hall–Kier alpha value is -1.63. The lowest BCUT2D eigenvalue weighted by Crippen LogP contribution is -2.46. The molecule has 0 aliphatic carbocycles. The molecule has 23 heavy (non-hydrogen) atoms. The van der Waals surface area contributed by atoms with Crippen molar-refractivity contribution < 1.29 is 19.8 Å². The van der Waals surface area contributed by atoms with E-state index in [0.717, 1.165) is 5.56 Å². The molecule has 1 aromatic rings. The van der Waals surface area contributed by atoms with Crippen LogP contribution in [0.1, 0.15) is 24.9 Å². The first-order valence-corrected chi connectivity index (χ1v) is 7.79. The van der Waals surface area contributed by atoms with Gasteiger partial charge in [-0.15, -0.1) is 0 Å². The van der Waals surface area contributed by atoms with Crippen LogP contribution in [-0.2, 0) is 9.59 Å². The summed E-state index contributed by atoms with van der Waals surface area (Å²) in [7, 11) is 1.71. The van der Waals surface area contributed by atoms with E-state index in [1.54, 1.807) is 31.0 Å². The third-order valence-electron chi connectivity index (χ3n) is 4.61. The molecule has 6 nitrogen and oxygen atoms in total. The van der Waals surface area contributed by atoms with Gasteiger partial charge < -0.3 is 15.5 Å². The number of amides is 1. The number of aliphatic hydroxyl groups is 1. The molecule has 1 aliphatic heterocycles. The van der Waals surface area contributed by atoms with Crippen molar-refractivity contribution in [2.24, 2.45) is 5.92 Å². The highest BCUT2D eigenvalue weighted by atomic mass is 35.5. The lowest BCUT2D eigenvalue weighted by Gasteiger charge is -2.32. The van der Waals surface area contributed by atoms with Gasteiger partial charge in [-0.05, 0) is 38.1 Å². The Balaban J connectivity index is 2.38. The Kier molecular flexibility index (Phi) is 5.29. The summed E-state index contributed by atoms with van der Waals surface area (Å²) in [6.45, 7) is 1.61. The van der Waals surface area contributed by atoms with Gasteiger partial charge in [0.05, 0.1) is 12.5 Å². The van der Waals surface area contributed by atoms with Gasteiger partial charge in [0.25, 0.3) is 0 Å². The van der Waals surface area contributed by atoms with Crippen molar-refractivity contribution in [3.05, 3.63) is 34.9 Å². The van der Waals surface area contributed by atoms with Crippen molar-refractivity contribution in [1.82, 2.24) is 10.2 Å². The summed E-state index contributed by atoms with van der Waals surface area (Å²) in [5.74, 6) is -1.74. The largest absolute Gasteiger partial charge is 0.480 e. The van der Waals surface area contributed by atoms with Crippen LogP contribution in [0.5, 0.6) is 0 Å². The van der Waals surface area contributed by atoms with Crippen LogP contribution in [0.3, 0.4) is 0 Å². The van der Waals surface area contributed by atoms with E-state index in [0.29, 0.717) is 5.02 Å². The number of aliphatic hydroxyl groups excluding tert-OH is 1. The number of nitrogens with zero attached hydrogens (tertiary/aromatic N) is 1. The van der Waals surface area contributed by atoms with Gasteiger partial charge in [-0.1, -0.05) is 23.7 Å². The third kappa shape index (κ3) is 3.34. The molecule has 1 aromatic carbocycles. The van der Waals surface area contributed by atoms with Gasteiger partial charge >= 0.3 is 5.97 Å². The van der Waals surface area contributed by atoms with Crippen LogP contribution in [0.4, 0.5) is 0 Å². The lowest BCUT2D eigenvalue weighted by atomic mass is 9.89. The summed E-state index contributed by atoms with van der Waals surface area (Å²) in [5.41, 5.74) is -0.294. The highest BCUT2D eigenvalue weighted by molar-refractivity contribution is 6.30. The van der Waals surface area contributed by atoms with Crippen LogP contribution in [0.15, 0.2) is 24.3 Å². The highest BCUT2D eigenvalue weighted by Gasteiger charge is 2.54. The zero-order valence-corrected chi connectivity index (χ0v) is 13.9. The second kappa shape index (κ2) is 6.86. The Bertz CT molecular complexity index is 592. The van der Waals surface area contributed by atoms with E-state index in [2.05, 4.69) is 5.32 Å². The van der Waals surface area contributed by atoms with E-state index in [1.807, 2.05) is 12.1 Å². The van der Waals surface area contributed by atoms with Crippen LogP contribution >= 0.6 is 11.6 Å². The van der Waals surface area contributed by atoms with Crippen LogP contribution in [0.2, 0.25) is 5.02 Å². The molecular weight excluding hydrogens is 320 g/mol. The fraction of sp³-hybridized carbons (Fsp3) is 0.500. The number of likely N-dealkylation sites (tertiary alicyclic amines) is 1. The molecule has 126 valence electrons. The number of carbonyl (C=O) groups excluding carboxylic acids is 1. The van der Waals surface area contributed by atoms with Gasteiger partial charge in [0.15, 0.2) is 0 Å². The van der Waals surface area contributed by atoms with Gasteiger partial charge in [-0.3, -0.25) is 14.5 Å². The van der Waals surface area contributed by atoms with E-state index in [1.165, 1.54) is 0 Å². The fourth-order valence-electron chi connectivity index (χ4n) is 3.16. The average Bonchev–Trinajstić information content (AvgIpc) is 2.79. The molecule has 0 unspecified atom stereocenters. The van der Waals surface area contributed by atoms with Gasteiger partial charge in [-0.2, -0.15) is 0 Å². The summed E-state index contributed by atoms with van der Waals surface area (Å²) in [5, 5.41) is 21.7. The SMILES string of the molecule is CN1[C@H](c2ccc(Cl)cc2)[C@H](C(=O)NCCO)C[C@]1(C)C(=O)O. The van der Waals surface area contributed by atoms with Gasteiger partial charge in [0, 0.05) is 17.6 Å². The molecule has 0 saturated carbocycles. The van der Waals surface area contributed by atoms with Crippen molar-refractivity contribution >= 4 is 23.5 Å². The minimum absolute atomic E-state index is 0.149. The normalized spacial score (nSPS) is 27.8. The van der Waals surface area contributed by atoms with Gasteiger partial charge in [0.2, 0.25) is 5.91 Å². The minimum atomic E-state index is -1.13. The molecule has 0 aromatic heterocycles. The predicted molar refractivity (Wildman–Crippen MR) is 86.2 cm³/mol. The van der Waals surface area contributed by atoms with E-state index in [4.69, 9.17) is 16.7 Å². The second-order valence-electron chi connectivity index (χ2n) is 6.01. The molecule has 3 N–H and O–H groups in total. The second-order valence-corrected chi connectivity index (χ2v) is 6.45. The first-order chi connectivity index (χ1) is 10.8. The zero-order valence-electron chi connectivity index (χ0n) is 13.1. The summed E-state index contributed by atoms with van der Waals surface area (Å²) in [4.78, 5) is 25.9. The summed E-state index contributed by atoms with van der Waals surface area (Å²) in [6.07, 6.45) is 0.198. The number of hydrogen-bond donors (Lipinski definition) is 3. The topological polar surface area (TPSA) is 89.9 Å². The number of rotatable bonds is 5. The predicted octanol–water partition coefficient (Wildman–Crippen LogP) is 1.28. The van der Waals surface area contributed by atoms with Gasteiger partial charge in [-0.25, -0.2) is 0 Å². The molecule has 1 aliphatic rings. The maximum absolute atomic E-state index is 12.4. The quantitative estimate of drug-likeness (QED) is 0.751. The van der Waals surface area contributed by atoms with E-state index in [-0.39, 0.29) is 31.5 Å². The van der Waals surface area contributed by atoms with Crippen molar-refractivity contribution in [2.45, 2.75) is 24.9 Å². The van der Waals surface area contributed by atoms with E-state index in [9.17, 15) is 14.7 Å². The lowest BCUT2D eigenvalue weighted by molar-refractivity contribution is -0.148. The van der Waals surface area contributed by atoms with E-state index >= 15 is 0 Å². The summed E-state index contributed by atoms with van der Waals surface area (Å²) in [6, 6.07) is 6.70. The molecule has 2 rings (SSSR count). The molecule has 3 atom stereocenters. The number of aliphatic carboxylic acids is 1. The van der Waals surface area contributed by atoms with E-state index < -0.39 is 17.4 Å². The fourth-order valence-corrected chi connectivity index (χ4v) is 3.29. The highest BCUT2D eigenvalue weighted by Crippen LogP contribution is 2.46. The first kappa shape index (κ1) is 17.7. The number of carbonyl (C=O) groups is 2. The molecule has 0 radical (unpaired) electrons. The molecule has 0 bridgehead atoms. The van der Waals surface area contributed by atoms with Crippen molar-refractivity contribution in [3.63, 3.8) is 0 Å². The minimum Gasteiger partial charge on any atom is -0.480 e. The standard InChI is InChI=1S/C16H21ClN2O4/c1-16(15(22)23)9-12(14(21)18-7-8-20)13(19(16)2)10-3-5-11(17)6-4-10/h3-6,12-13,20H,7-9H2,1-2H3,(H,18,21)(H,22,23)/t12-,13-,16-/m1/s1. The maximum atomic E-state index is 12.4. The third-order valence-corrected chi connectivity index (χ3v) is 4.87. The summed E-state index contributed by atoms with van der Waals surface area (Å²) < 4.78 is 0. The molecule has 0 spiro atoms. The number of hydrogen-bond acceptors (Lipinski definition) is 4. The Labute approximate surface area is 140 Å².